The molecule has 0 aliphatic heterocycles. The van der Waals surface area contributed by atoms with Crippen molar-refractivity contribution in [2.75, 3.05) is 11.9 Å². The van der Waals surface area contributed by atoms with Crippen LogP contribution in [-0.4, -0.2) is 6.61 Å². The summed E-state index contributed by atoms with van der Waals surface area (Å²) in [5.41, 5.74) is 3.23. The first-order chi connectivity index (χ1) is 9.20. The van der Waals surface area contributed by atoms with Crippen molar-refractivity contribution in [3.05, 3.63) is 58.6 Å². The maximum atomic E-state index is 6.20. The first-order valence-electron chi connectivity index (χ1n) is 6.41. The van der Waals surface area contributed by atoms with Gasteiger partial charge in [0, 0.05) is 12.1 Å². The van der Waals surface area contributed by atoms with Gasteiger partial charge in [0.15, 0.2) is 0 Å². The summed E-state index contributed by atoms with van der Waals surface area (Å²) in [7, 11) is 0. The molecule has 0 bridgehead atoms. The van der Waals surface area contributed by atoms with E-state index in [1.54, 1.807) is 0 Å². The summed E-state index contributed by atoms with van der Waals surface area (Å²) < 4.78 is 5.60. The van der Waals surface area contributed by atoms with Crippen LogP contribution in [-0.2, 0) is 6.54 Å². The molecule has 0 aliphatic carbocycles. The second-order valence-corrected chi connectivity index (χ2v) is 4.78. The highest BCUT2D eigenvalue weighted by molar-refractivity contribution is 6.33. The molecule has 2 rings (SSSR count). The van der Waals surface area contributed by atoms with Gasteiger partial charge < -0.3 is 10.1 Å². The van der Waals surface area contributed by atoms with Gasteiger partial charge in [-0.05, 0) is 37.6 Å². The molecule has 0 atom stereocenters. The summed E-state index contributed by atoms with van der Waals surface area (Å²) in [4.78, 5) is 0. The van der Waals surface area contributed by atoms with Crippen LogP contribution in [0.3, 0.4) is 0 Å². The molecule has 0 heterocycles. The molecular formula is C16H18ClNO. The first kappa shape index (κ1) is 13.8. The van der Waals surface area contributed by atoms with Crippen molar-refractivity contribution in [1.29, 1.82) is 0 Å². The van der Waals surface area contributed by atoms with Crippen LogP contribution >= 0.6 is 11.6 Å². The molecule has 0 aliphatic rings. The Balaban J connectivity index is 2.10. The lowest BCUT2D eigenvalue weighted by Gasteiger charge is -2.12. The highest BCUT2D eigenvalue weighted by atomic mass is 35.5. The fourth-order valence-electron chi connectivity index (χ4n) is 1.90. The maximum absolute atomic E-state index is 6.20. The zero-order valence-corrected chi connectivity index (χ0v) is 12.0. The van der Waals surface area contributed by atoms with Gasteiger partial charge in [0.25, 0.3) is 0 Å². The fraction of sp³-hybridized carbons (Fsp3) is 0.250. The molecule has 3 heteroatoms. The number of anilines is 1. The van der Waals surface area contributed by atoms with Crippen LogP contribution in [0.15, 0.2) is 42.5 Å². The third-order valence-electron chi connectivity index (χ3n) is 2.87. The number of nitrogens with one attached hydrogen (secondary N) is 1. The predicted molar refractivity (Wildman–Crippen MR) is 81.1 cm³/mol. The minimum Gasteiger partial charge on any atom is -0.494 e. The molecule has 0 fully saturated rings. The number of aryl methyl sites for hydroxylation is 1. The molecule has 1 N–H and O–H groups in total. The Morgan fingerprint density at radius 1 is 1.16 bits per heavy atom. The SMILES string of the molecule is CCOc1ccccc1CNc1ccc(C)cc1Cl. The van der Waals surface area contributed by atoms with Crippen molar-refractivity contribution in [3.8, 4) is 5.75 Å². The fourth-order valence-corrected chi connectivity index (χ4v) is 2.20. The molecule has 2 nitrogen and oxygen atoms in total. The summed E-state index contributed by atoms with van der Waals surface area (Å²) in [6, 6.07) is 14.0. The quantitative estimate of drug-likeness (QED) is 0.857. The van der Waals surface area contributed by atoms with Crippen molar-refractivity contribution in [2.45, 2.75) is 20.4 Å². The van der Waals surface area contributed by atoms with Gasteiger partial charge in [-0.25, -0.2) is 0 Å². The highest BCUT2D eigenvalue weighted by Crippen LogP contribution is 2.25. The van der Waals surface area contributed by atoms with E-state index >= 15 is 0 Å². The van der Waals surface area contributed by atoms with E-state index in [2.05, 4.69) is 11.4 Å². The summed E-state index contributed by atoms with van der Waals surface area (Å²) in [6.07, 6.45) is 0. The third-order valence-corrected chi connectivity index (χ3v) is 3.18. The lowest BCUT2D eigenvalue weighted by atomic mass is 10.2. The number of ether oxygens (including phenoxy) is 1. The number of para-hydroxylation sites is 1. The molecule has 0 spiro atoms. The van der Waals surface area contributed by atoms with Gasteiger partial charge in [0.2, 0.25) is 0 Å². The van der Waals surface area contributed by atoms with Crippen LogP contribution in [0.5, 0.6) is 5.75 Å². The standard InChI is InChI=1S/C16H18ClNO/c1-3-19-16-7-5-4-6-13(16)11-18-15-9-8-12(2)10-14(15)17/h4-10,18H,3,11H2,1-2H3. The van der Waals surface area contributed by atoms with Gasteiger partial charge in [0.05, 0.1) is 17.3 Å². The van der Waals surface area contributed by atoms with Gasteiger partial charge in [-0.3, -0.25) is 0 Å². The van der Waals surface area contributed by atoms with Crippen molar-refractivity contribution < 1.29 is 4.74 Å². The second-order valence-electron chi connectivity index (χ2n) is 4.38. The van der Waals surface area contributed by atoms with E-state index in [0.717, 1.165) is 27.6 Å². The number of hydrogen-bond donors (Lipinski definition) is 1. The summed E-state index contributed by atoms with van der Waals surface area (Å²) >= 11 is 6.20. The molecule has 2 aromatic rings. The Hall–Kier alpha value is -1.67. The van der Waals surface area contributed by atoms with Crippen molar-refractivity contribution in [1.82, 2.24) is 0 Å². The normalized spacial score (nSPS) is 10.3. The summed E-state index contributed by atoms with van der Waals surface area (Å²) in [6.45, 7) is 5.38. The Labute approximate surface area is 119 Å². The number of benzene rings is 2. The van der Waals surface area contributed by atoms with E-state index < -0.39 is 0 Å². The number of halogens is 1. The molecule has 0 saturated heterocycles. The van der Waals surface area contributed by atoms with E-state index in [0.29, 0.717) is 13.2 Å². The minimum absolute atomic E-state index is 0.669. The molecule has 2 aromatic carbocycles. The Morgan fingerprint density at radius 2 is 1.95 bits per heavy atom. The largest absolute Gasteiger partial charge is 0.494 e. The van der Waals surface area contributed by atoms with Crippen LogP contribution < -0.4 is 10.1 Å². The predicted octanol–water partition coefficient (Wildman–Crippen LogP) is 4.66. The summed E-state index contributed by atoms with van der Waals surface area (Å²) in [5, 5.41) is 4.09. The Kier molecular flexibility index (Phi) is 4.69. The molecule has 100 valence electrons. The number of rotatable bonds is 5. The zero-order chi connectivity index (χ0) is 13.7. The van der Waals surface area contributed by atoms with E-state index in [1.807, 2.05) is 50.2 Å². The molecule has 0 amide bonds. The molecular weight excluding hydrogens is 258 g/mol. The van der Waals surface area contributed by atoms with Crippen molar-refractivity contribution in [3.63, 3.8) is 0 Å². The van der Waals surface area contributed by atoms with Crippen LogP contribution in [0.1, 0.15) is 18.1 Å². The van der Waals surface area contributed by atoms with Crippen LogP contribution in [0.2, 0.25) is 5.02 Å². The van der Waals surface area contributed by atoms with E-state index in [1.165, 1.54) is 0 Å². The summed E-state index contributed by atoms with van der Waals surface area (Å²) in [5.74, 6) is 0.917. The molecule has 0 radical (unpaired) electrons. The third kappa shape index (κ3) is 3.65. The topological polar surface area (TPSA) is 21.3 Å². The van der Waals surface area contributed by atoms with Crippen molar-refractivity contribution in [2.24, 2.45) is 0 Å². The van der Waals surface area contributed by atoms with Crippen LogP contribution in [0.4, 0.5) is 5.69 Å². The smallest absolute Gasteiger partial charge is 0.124 e. The van der Waals surface area contributed by atoms with Gasteiger partial charge in [0.1, 0.15) is 5.75 Å². The van der Waals surface area contributed by atoms with Crippen LogP contribution in [0, 0.1) is 6.92 Å². The molecule has 0 aromatic heterocycles. The highest BCUT2D eigenvalue weighted by Gasteiger charge is 2.04. The van der Waals surface area contributed by atoms with Gasteiger partial charge >= 0.3 is 0 Å². The van der Waals surface area contributed by atoms with E-state index in [9.17, 15) is 0 Å². The average molecular weight is 276 g/mol. The second kappa shape index (κ2) is 6.48. The van der Waals surface area contributed by atoms with E-state index in [4.69, 9.17) is 16.3 Å². The van der Waals surface area contributed by atoms with Gasteiger partial charge in [-0.1, -0.05) is 35.9 Å². The Bertz CT molecular complexity index is 554. The zero-order valence-electron chi connectivity index (χ0n) is 11.2. The molecule has 0 unspecified atom stereocenters. The number of hydrogen-bond acceptors (Lipinski definition) is 2. The minimum atomic E-state index is 0.669. The molecule has 19 heavy (non-hydrogen) atoms. The van der Waals surface area contributed by atoms with Crippen molar-refractivity contribution >= 4 is 17.3 Å². The van der Waals surface area contributed by atoms with Crippen LogP contribution in [0.25, 0.3) is 0 Å². The average Bonchev–Trinajstić information content (AvgIpc) is 2.40. The first-order valence-corrected chi connectivity index (χ1v) is 6.79. The maximum Gasteiger partial charge on any atom is 0.124 e. The van der Waals surface area contributed by atoms with E-state index in [-0.39, 0.29) is 0 Å². The monoisotopic (exact) mass is 275 g/mol. The van der Waals surface area contributed by atoms with Gasteiger partial charge in [-0.2, -0.15) is 0 Å². The van der Waals surface area contributed by atoms with Gasteiger partial charge in [-0.15, -0.1) is 0 Å². The Morgan fingerprint density at radius 3 is 2.68 bits per heavy atom. The lowest BCUT2D eigenvalue weighted by molar-refractivity contribution is 0.337. The molecule has 0 saturated carbocycles. The lowest BCUT2D eigenvalue weighted by Crippen LogP contribution is -2.03.